The van der Waals surface area contributed by atoms with Crippen LogP contribution in [0.1, 0.15) is 11.1 Å². The fourth-order valence-electron chi connectivity index (χ4n) is 1.03. The lowest BCUT2D eigenvalue weighted by atomic mass is 10.1. The molecule has 0 aliphatic rings. The van der Waals surface area contributed by atoms with Crippen LogP contribution in [0.5, 0.6) is 0 Å². The van der Waals surface area contributed by atoms with Gasteiger partial charge in [0.1, 0.15) is 0 Å². The Balaban J connectivity index is 2.92. The smallest absolute Gasteiger partial charge is 0.240 e. The van der Waals surface area contributed by atoms with Crippen LogP contribution in [0.25, 0.3) is 0 Å². The Morgan fingerprint density at radius 2 is 2.00 bits per heavy atom. The molecule has 0 spiro atoms. The van der Waals surface area contributed by atoms with E-state index in [0.717, 1.165) is 12.1 Å². The van der Waals surface area contributed by atoms with Gasteiger partial charge in [0.2, 0.25) is 0 Å². The molecule has 0 aromatic heterocycles. The maximum atomic E-state index is 12.2. The predicted octanol–water partition coefficient (Wildman–Crippen LogP) is 2.44. The Labute approximate surface area is 74.6 Å². The average molecular weight is 188 g/mol. The minimum Gasteiger partial charge on any atom is -0.240 e. The molecule has 0 amide bonds. The van der Waals surface area contributed by atoms with Crippen LogP contribution < -0.4 is 5.32 Å². The Kier molecular flexibility index (Phi) is 2.93. The maximum Gasteiger partial charge on any atom is 0.416 e. The first kappa shape index (κ1) is 10.1. The molecule has 0 N–H and O–H groups in total. The average Bonchev–Trinajstić information content (AvgIpc) is 2.04. The number of halogens is 3. The van der Waals surface area contributed by atoms with Gasteiger partial charge in [0.05, 0.1) is 5.56 Å². The number of alkyl halides is 3. The summed E-state index contributed by atoms with van der Waals surface area (Å²) in [5, 5.41) is 3.76. The summed E-state index contributed by atoms with van der Waals surface area (Å²) < 4.78 is 36.5. The van der Waals surface area contributed by atoms with E-state index in [0.29, 0.717) is 12.1 Å². The molecule has 1 rings (SSSR count). The van der Waals surface area contributed by atoms with Gasteiger partial charge < -0.3 is 0 Å². The summed E-state index contributed by atoms with van der Waals surface area (Å²) in [7, 11) is 1.57. The molecule has 1 aromatic rings. The van der Waals surface area contributed by atoms with Gasteiger partial charge in [-0.15, -0.1) is 0 Å². The summed E-state index contributed by atoms with van der Waals surface area (Å²) in [6, 6.07) is 5.19. The number of benzene rings is 1. The highest BCUT2D eigenvalue weighted by molar-refractivity contribution is 5.25. The van der Waals surface area contributed by atoms with E-state index in [1.807, 2.05) is 0 Å². The summed E-state index contributed by atoms with van der Waals surface area (Å²) in [6.07, 6.45) is -4.26. The molecule has 0 atom stereocenters. The van der Waals surface area contributed by atoms with Gasteiger partial charge in [0, 0.05) is 13.6 Å². The van der Waals surface area contributed by atoms with Gasteiger partial charge in [-0.05, 0) is 11.6 Å². The number of hydrogen-bond donors (Lipinski definition) is 0. The van der Waals surface area contributed by atoms with Crippen molar-refractivity contribution in [3.05, 3.63) is 35.4 Å². The zero-order chi connectivity index (χ0) is 9.90. The van der Waals surface area contributed by atoms with Gasteiger partial charge in [0.25, 0.3) is 0 Å². The van der Waals surface area contributed by atoms with Crippen LogP contribution in [-0.4, -0.2) is 7.05 Å². The fraction of sp³-hybridized carbons (Fsp3) is 0.333. The van der Waals surface area contributed by atoms with E-state index in [4.69, 9.17) is 0 Å². The lowest BCUT2D eigenvalue weighted by Gasteiger charge is -2.07. The van der Waals surface area contributed by atoms with Gasteiger partial charge in [-0.2, -0.15) is 13.2 Å². The van der Waals surface area contributed by atoms with Crippen LogP contribution in [0, 0.1) is 0 Å². The van der Waals surface area contributed by atoms with Gasteiger partial charge in [-0.25, -0.2) is 5.32 Å². The Morgan fingerprint density at radius 1 is 1.31 bits per heavy atom. The molecule has 4 heteroatoms. The van der Waals surface area contributed by atoms with Crippen molar-refractivity contribution in [3.63, 3.8) is 0 Å². The SMILES string of the molecule is C[N]Cc1cccc(C(F)(F)F)c1. The van der Waals surface area contributed by atoms with E-state index in [1.54, 1.807) is 13.1 Å². The molecule has 0 fully saturated rings. The van der Waals surface area contributed by atoms with E-state index < -0.39 is 11.7 Å². The highest BCUT2D eigenvalue weighted by atomic mass is 19.4. The fourth-order valence-corrected chi connectivity index (χ4v) is 1.03. The van der Waals surface area contributed by atoms with Crippen molar-refractivity contribution in [2.75, 3.05) is 7.05 Å². The molecule has 0 heterocycles. The zero-order valence-corrected chi connectivity index (χ0v) is 7.10. The van der Waals surface area contributed by atoms with Gasteiger partial charge in [-0.3, -0.25) is 0 Å². The van der Waals surface area contributed by atoms with E-state index in [-0.39, 0.29) is 0 Å². The van der Waals surface area contributed by atoms with Crippen LogP contribution in [0.3, 0.4) is 0 Å². The second-order valence-corrected chi connectivity index (χ2v) is 2.67. The maximum absolute atomic E-state index is 12.2. The Bertz CT molecular complexity index is 280. The third-order valence-corrected chi connectivity index (χ3v) is 1.59. The van der Waals surface area contributed by atoms with E-state index in [1.165, 1.54) is 6.07 Å². The molecule has 0 saturated heterocycles. The molecule has 0 saturated carbocycles. The molecule has 1 aromatic carbocycles. The lowest BCUT2D eigenvalue weighted by Crippen LogP contribution is -2.06. The van der Waals surface area contributed by atoms with Crippen molar-refractivity contribution in [1.82, 2.24) is 5.32 Å². The summed E-state index contributed by atoms with van der Waals surface area (Å²) in [4.78, 5) is 0. The third kappa shape index (κ3) is 2.73. The molecule has 13 heavy (non-hydrogen) atoms. The van der Waals surface area contributed by atoms with Gasteiger partial charge >= 0.3 is 6.18 Å². The Morgan fingerprint density at radius 3 is 2.54 bits per heavy atom. The number of nitrogens with zero attached hydrogens (tertiary/aromatic N) is 1. The molecule has 1 nitrogen and oxygen atoms in total. The minimum absolute atomic E-state index is 0.323. The second-order valence-electron chi connectivity index (χ2n) is 2.67. The molecule has 71 valence electrons. The molecule has 1 radical (unpaired) electrons. The van der Waals surface area contributed by atoms with Gasteiger partial charge in [0.15, 0.2) is 0 Å². The van der Waals surface area contributed by atoms with Crippen LogP contribution in [0.2, 0.25) is 0 Å². The normalized spacial score (nSPS) is 11.7. The lowest BCUT2D eigenvalue weighted by molar-refractivity contribution is -0.137. The highest BCUT2D eigenvalue weighted by Crippen LogP contribution is 2.29. The van der Waals surface area contributed by atoms with E-state index in [2.05, 4.69) is 5.32 Å². The van der Waals surface area contributed by atoms with Crippen molar-refractivity contribution in [2.45, 2.75) is 12.7 Å². The number of rotatable bonds is 2. The zero-order valence-electron chi connectivity index (χ0n) is 7.10. The van der Waals surface area contributed by atoms with Crippen molar-refractivity contribution in [3.8, 4) is 0 Å². The van der Waals surface area contributed by atoms with Crippen LogP contribution in [-0.2, 0) is 12.7 Å². The summed E-state index contributed by atoms with van der Waals surface area (Å²) >= 11 is 0. The molecule has 0 aliphatic heterocycles. The quantitative estimate of drug-likeness (QED) is 0.676. The first-order chi connectivity index (χ1) is 6.04. The first-order valence-corrected chi connectivity index (χ1v) is 3.76. The van der Waals surface area contributed by atoms with Crippen LogP contribution in [0.15, 0.2) is 24.3 Å². The van der Waals surface area contributed by atoms with Gasteiger partial charge in [-0.1, -0.05) is 18.2 Å². The second kappa shape index (κ2) is 3.79. The predicted molar refractivity (Wildman–Crippen MR) is 43.2 cm³/mol. The largest absolute Gasteiger partial charge is 0.416 e. The number of hydrogen-bond acceptors (Lipinski definition) is 0. The standard InChI is InChI=1S/C9H9F3N/c1-13-6-7-3-2-4-8(5-7)9(10,11)12/h2-5H,6H2,1H3. The van der Waals surface area contributed by atoms with Crippen LogP contribution >= 0.6 is 0 Å². The Hall–Kier alpha value is -1.03. The summed E-state index contributed by atoms with van der Waals surface area (Å²) in [5.41, 5.74) is -0.0361. The highest BCUT2D eigenvalue weighted by Gasteiger charge is 2.30. The molecule has 0 aliphatic carbocycles. The minimum atomic E-state index is -4.26. The van der Waals surface area contributed by atoms with Crippen molar-refractivity contribution in [2.24, 2.45) is 0 Å². The van der Waals surface area contributed by atoms with Crippen molar-refractivity contribution in [1.29, 1.82) is 0 Å². The summed E-state index contributed by atoms with van der Waals surface area (Å²) in [6.45, 7) is 0.323. The monoisotopic (exact) mass is 188 g/mol. The van der Waals surface area contributed by atoms with Crippen molar-refractivity contribution >= 4 is 0 Å². The van der Waals surface area contributed by atoms with E-state index in [9.17, 15) is 13.2 Å². The first-order valence-electron chi connectivity index (χ1n) is 3.76. The summed E-state index contributed by atoms with van der Waals surface area (Å²) in [5.74, 6) is 0. The van der Waals surface area contributed by atoms with Crippen LogP contribution in [0.4, 0.5) is 13.2 Å². The molecular weight excluding hydrogens is 179 g/mol. The third-order valence-electron chi connectivity index (χ3n) is 1.59. The van der Waals surface area contributed by atoms with E-state index >= 15 is 0 Å². The molecule has 0 bridgehead atoms. The topological polar surface area (TPSA) is 14.1 Å². The molecular formula is C9H9F3N. The van der Waals surface area contributed by atoms with Crippen molar-refractivity contribution < 1.29 is 13.2 Å². The molecule has 0 unspecified atom stereocenters.